The first-order chi connectivity index (χ1) is 15.0. The lowest BCUT2D eigenvalue weighted by atomic mass is 10.1. The largest absolute Gasteiger partial charge is 0.497 e. The lowest BCUT2D eigenvalue weighted by Crippen LogP contribution is -2.14. The van der Waals surface area contributed by atoms with Crippen molar-refractivity contribution < 1.29 is 19.1 Å². The van der Waals surface area contributed by atoms with E-state index in [4.69, 9.17) is 9.47 Å². The van der Waals surface area contributed by atoms with Crippen molar-refractivity contribution in [2.75, 3.05) is 30.6 Å². The summed E-state index contributed by atoms with van der Waals surface area (Å²) >= 11 is 1.41. The molecule has 0 aromatic heterocycles. The molecule has 0 heterocycles. The molecule has 3 aromatic carbocycles. The van der Waals surface area contributed by atoms with E-state index in [0.29, 0.717) is 28.4 Å². The van der Waals surface area contributed by atoms with Crippen molar-refractivity contribution in [2.24, 2.45) is 0 Å². The second-order valence-electron chi connectivity index (χ2n) is 6.79. The van der Waals surface area contributed by atoms with Crippen LogP contribution < -0.4 is 20.1 Å². The summed E-state index contributed by atoms with van der Waals surface area (Å²) in [5, 5.41) is 5.73. The van der Waals surface area contributed by atoms with Gasteiger partial charge in [-0.15, -0.1) is 11.8 Å². The Labute approximate surface area is 186 Å². The van der Waals surface area contributed by atoms with Gasteiger partial charge in [-0.2, -0.15) is 0 Å². The maximum Gasteiger partial charge on any atom is 0.255 e. The first-order valence-corrected chi connectivity index (χ1v) is 10.6. The third-order valence-corrected chi connectivity index (χ3v) is 5.41. The Morgan fingerprint density at radius 2 is 1.52 bits per heavy atom. The zero-order valence-corrected chi connectivity index (χ0v) is 18.4. The highest BCUT2D eigenvalue weighted by atomic mass is 32.2. The van der Waals surface area contributed by atoms with E-state index >= 15 is 0 Å². The Bertz CT molecular complexity index is 1050. The molecule has 6 nitrogen and oxygen atoms in total. The van der Waals surface area contributed by atoms with Gasteiger partial charge in [-0.3, -0.25) is 9.59 Å². The van der Waals surface area contributed by atoms with Gasteiger partial charge in [-0.05, 0) is 43.3 Å². The maximum atomic E-state index is 12.3. The smallest absolute Gasteiger partial charge is 0.255 e. The summed E-state index contributed by atoms with van der Waals surface area (Å²) in [7, 11) is 3.12. The molecule has 7 heteroatoms. The highest BCUT2D eigenvalue weighted by molar-refractivity contribution is 8.00. The number of rotatable bonds is 8. The van der Waals surface area contributed by atoms with Crippen LogP contribution in [0.4, 0.5) is 11.4 Å². The first kappa shape index (κ1) is 22.2. The van der Waals surface area contributed by atoms with Gasteiger partial charge in [0.05, 0.1) is 20.0 Å². The van der Waals surface area contributed by atoms with Gasteiger partial charge in [0.2, 0.25) is 5.91 Å². The van der Waals surface area contributed by atoms with Crippen molar-refractivity contribution >= 4 is 35.0 Å². The zero-order valence-electron chi connectivity index (χ0n) is 17.6. The number of methoxy groups -OCH3 is 2. The van der Waals surface area contributed by atoms with E-state index in [2.05, 4.69) is 10.6 Å². The van der Waals surface area contributed by atoms with Gasteiger partial charge in [-0.25, -0.2) is 0 Å². The molecule has 0 unspecified atom stereocenters. The fourth-order valence-corrected chi connectivity index (χ4v) is 3.55. The number of ether oxygens (including phenoxy) is 2. The number of anilines is 2. The van der Waals surface area contributed by atoms with Gasteiger partial charge in [0.15, 0.2) is 0 Å². The minimum absolute atomic E-state index is 0.142. The number of nitrogens with one attached hydrogen (secondary N) is 2. The third kappa shape index (κ3) is 6.52. The molecule has 2 amide bonds. The number of amides is 2. The molecule has 0 aliphatic rings. The summed E-state index contributed by atoms with van der Waals surface area (Å²) in [6, 6.07) is 20.0. The van der Waals surface area contributed by atoms with E-state index in [1.807, 2.05) is 49.4 Å². The number of carbonyl (C=O) groups excluding carboxylic acids is 2. The van der Waals surface area contributed by atoms with E-state index in [1.54, 1.807) is 38.5 Å². The number of aryl methyl sites for hydroxylation is 1. The second kappa shape index (κ2) is 10.5. The first-order valence-electron chi connectivity index (χ1n) is 9.60. The van der Waals surface area contributed by atoms with E-state index < -0.39 is 0 Å². The molecule has 3 rings (SSSR count). The number of carbonyl (C=O) groups is 2. The van der Waals surface area contributed by atoms with Gasteiger partial charge in [-0.1, -0.05) is 17.7 Å². The number of thioether (sulfide) groups is 1. The van der Waals surface area contributed by atoms with Crippen molar-refractivity contribution in [3.05, 3.63) is 77.9 Å². The van der Waals surface area contributed by atoms with Crippen molar-refractivity contribution in [2.45, 2.75) is 11.8 Å². The highest BCUT2D eigenvalue weighted by Crippen LogP contribution is 2.26. The van der Waals surface area contributed by atoms with Crippen molar-refractivity contribution in [3.8, 4) is 11.5 Å². The summed E-state index contributed by atoms with van der Waals surface area (Å²) in [5.74, 6) is 1.15. The molecule has 0 atom stereocenters. The Kier molecular flexibility index (Phi) is 7.56. The minimum Gasteiger partial charge on any atom is -0.497 e. The molecule has 2 N–H and O–H groups in total. The van der Waals surface area contributed by atoms with Crippen LogP contribution in [0.2, 0.25) is 0 Å². The molecular formula is C24H24N2O4S. The standard InChI is InChI=1S/C24H24N2O4S/c1-16-5-4-6-17(11-16)24(28)26-18-7-9-22(10-8-18)31-15-23(27)25-19-12-20(29-2)14-21(13-19)30-3/h4-14H,15H2,1-3H3,(H,25,27)(H,26,28). The predicted octanol–water partition coefficient (Wildman–Crippen LogP) is 5.00. The average Bonchev–Trinajstić information content (AvgIpc) is 2.78. The molecular weight excluding hydrogens is 412 g/mol. The van der Waals surface area contributed by atoms with E-state index in [9.17, 15) is 9.59 Å². The van der Waals surface area contributed by atoms with E-state index in [-0.39, 0.29) is 17.6 Å². The lowest BCUT2D eigenvalue weighted by molar-refractivity contribution is -0.113. The van der Waals surface area contributed by atoms with Crippen LogP contribution in [0.5, 0.6) is 11.5 Å². The van der Waals surface area contributed by atoms with Crippen molar-refractivity contribution in [3.63, 3.8) is 0 Å². The molecule has 0 saturated carbocycles. The van der Waals surface area contributed by atoms with Crippen molar-refractivity contribution in [1.82, 2.24) is 0 Å². The van der Waals surface area contributed by atoms with Crippen LogP contribution in [0.25, 0.3) is 0 Å². The Hall–Kier alpha value is -3.45. The second-order valence-corrected chi connectivity index (χ2v) is 7.83. The summed E-state index contributed by atoms with van der Waals surface area (Å²) in [6.07, 6.45) is 0. The van der Waals surface area contributed by atoms with Crippen LogP contribution in [0.1, 0.15) is 15.9 Å². The van der Waals surface area contributed by atoms with Gasteiger partial charge < -0.3 is 20.1 Å². The summed E-state index contributed by atoms with van der Waals surface area (Å²) in [6.45, 7) is 1.95. The van der Waals surface area contributed by atoms with Crippen molar-refractivity contribution in [1.29, 1.82) is 0 Å². The molecule has 160 valence electrons. The number of hydrogen-bond donors (Lipinski definition) is 2. The Morgan fingerprint density at radius 3 is 2.13 bits per heavy atom. The number of benzene rings is 3. The quantitative estimate of drug-likeness (QED) is 0.486. The summed E-state index contributed by atoms with van der Waals surface area (Å²) in [5.41, 5.74) is 2.95. The zero-order chi connectivity index (χ0) is 22.2. The third-order valence-electron chi connectivity index (χ3n) is 4.40. The fraction of sp³-hybridized carbons (Fsp3) is 0.167. The SMILES string of the molecule is COc1cc(NC(=O)CSc2ccc(NC(=O)c3cccc(C)c3)cc2)cc(OC)c1. The van der Waals surface area contributed by atoms with Gasteiger partial charge in [0.25, 0.3) is 5.91 Å². The normalized spacial score (nSPS) is 10.3. The monoisotopic (exact) mass is 436 g/mol. The molecule has 3 aromatic rings. The van der Waals surface area contributed by atoms with Crippen LogP contribution in [0.15, 0.2) is 71.6 Å². The lowest BCUT2D eigenvalue weighted by Gasteiger charge is -2.10. The molecule has 0 radical (unpaired) electrons. The van der Waals surface area contributed by atoms with Gasteiger partial charge in [0, 0.05) is 40.0 Å². The topological polar surface area (TPSA) is 76.7 Å². The number of hydrogen-bond acceptors (Lipinski definition) is 5. The molecule has 0 fully saturated rings. The fourth-order valence-electron chi connectivity index (χ4n) is 2.85. The maximum absolute atomic E-state index is 12.3. The Morgan fingerprint density at radius 1 is 0.839 bits per heavy atom. The average molecular weight is 437 g/mol. The van der Waals surface area contributed by atoms with Crippen LogP contribution in [0.3, 0.4) is 0 Å². The predicted molar refractivity (Wildman–Crippen MR) is 124 cm³/mol. The minimum atomic E-state index is -0.155. The van der Waals surface area contributed by atoms with Gasteiger partial charge >= 0.3 is 0 Å². The Balaban J connectivity index is 1.53. The summed E-state index contributed by atoms with van der Waals surface area (Å²) < 4.78 is 10.4. The van der Waals surface area contributed by atoms with Gasteiger partial charge in [0.1, 0.15) is 11.5 Å². The van der Waals surface area contributed by atoms with Crippen LogP contribution in [-0.4, -0.2) is 31.8 Å². The molecule has 0 spiro atoms. The van der Waals surface area contributed by atoms with E-state index in [1.165, 1.54) is 11.8 Å². The molecule has 0 bridgehead atoms. The molecule has 0 aliphatic carbocycles. The van der Waals surface area contributed by atoms with Crippen LogP contribution >= 0.6 is 11.8 Å². The van der Waals surface area contributed by atoms with E-state index in [0.717, 1.165) is 10.5 Å². The van der Waals surface area contributed by atoms with Crippen LogP contribution in [0, 0.1) is 6.92 Å². The molecule has 31 heavy (non-hydrogen) atoms. The van der Waals surface area contributed by atoms with Crippen LogP contribution in [-0.2, 0) is 4.79 Å². The summed E-state index contributed by atoms with van der Waals surface area (Å²) in [4.78, 5) is 25.6. The molecule has 0 aliphatic heterocycles. The molecule has 0 saturated heterocycles. The highest BCUT2D eigenvalue weighted by Gasteiger charge is 2.09.